The Labute approximate surface area is 210 Å². The van der Waals surface area contributed by atoms with Crippen LogP contribution in [0.25, 0.3) is 0 Å². The van der Waals surface area contributed by atoms with Gasteiger partial charge < -0.3 is 9.64 Å². The highest BCUT2D eigenvalue weighted by molar-refractivity contribution is 6.21. The van der Waals surface area contributed by atoms with E-state index in [1.165, 1.54) is 82.3 Å². The Kier molecular flexibility index (Phi) is 8.32. The van der Waals surface area contributed by atoms with E-state index >= 15 is 0 Å². The third-order valence-electron chi connectivity index (χ3n) is 8.43. The van der Waals surface area contributed by atoms with Crippen molar-refractivity contribution in [2.45, 2.75) is 76.5 Å². The molecule has 6 nitrogen and oxygen atoms in total. The normalized spacial score (nSPS) is 27.1. The molecule has 0 aromatic heterocycles. The van der Waals surface area contributed by atoms with Crippen LogP contribution in [0, 0.1) is 5.92 Å². The molecule has 5 rings (SSSR count). The summed E-state index contributed by atoms with van der Waals surface area (Å²) in [6.45, 7) is 5.70. The van der Waals surface area contributed by atoms with Crippen LogP contribution in [-0.2, 0) is 4.74 Å². The fourth-order valence-electron chi connectivity index (χ4n) is 6.50. The lowest BCUT2D eigenvalue weighted by Gasteiger charge is -2.45. The Morgan fingerprint density at radius 1 is 0.829 bits per heavy atom. The van der Waals surface area contributed by atoms with Crippen molar-refractivity contribution in [1.29, 1.82) is 0 Å². The van der Waals surface area contributed by atoms with Gasteiger partial charge in [0.15, 0.2) is 0 Å². The number of fused-ring (bicyclic) bond motifs is 1. The predicted molar refractivity (Wildman–Crippen MR) is 137 cm³/mol. The summed E-state index contributed by atoms with van der Waals surface area (Å²) in [5.74, 6) is 0.306. The number of likely N-dealkylation sites (tertiary alicyclic amines) is 2. The summed E-state index contributed by atoms with van der Waals surface area (Å²) in [4.78, 5) is 31.8. The summed E-state index contributed by atoms with van der Waals surface area (Å²) in [6, 6.07) is 7.72. The molecule has 0 bridgehead atoms. The van der Waals surface area contributed by atoms with Crippen LogP contribution in [-0.4, -0.2) is 78.1 Å². The number of nitrogens with zero attached hydrogens (tertiary/aromatic N) is 3. The van der Waals surface area contributed by atoms with Crippen LogP contribution < -0.4 is 0 Å². The Balaban J connectivity index is 1.15. The molecule has 1 aromatic rings. The number of benzene rings is 1. The zero-order chi connectivity index (χ0) is 24.0. The van der Waals surface area contributed by atoms with Crippen LogP contribution in [0.4, 0.5) is 0 Å². The molecular weight excluding hydrogens is 438 g/mol. The van der Waals surface area contributed by atoms with Crippen molar-refractivity contribution in [1.82, 2.24) is 14.7 Å². The Hall–Kier alpha value is -2.02. The molecule has 2 amide bonds. The van der Waals surface area contributed by atoms with Gasteiger partial charge in [0.2, 0.25) is 0 Å². The van der Waals surface area contributed by atoms with E-state index < -0.39 is 0 Å². The lowest BCUT2D eigenvalue weighted by molar-refractivity contribution is -0.111. The van der Waals surface area contributed by atoms with E-state index in [4.69, 9.17) is 4.74 Å². The maximum atomic E-state index is 12.6. The van der Waals surface area contributed by atoms with Gasteiger partial charge in [0.25, 0.3) is 11.8 Å². The highest BCUT2D eigenvalue weighted by atomic mass is 16.5. The monoisotopic (exact) mass is 479 g/mol. The summed E-state index contributed by atoms with van der Waals surface area (Å²) in [5, 5.41) is 0. The average Bonchev–Trinajstić information content (AvgIpc) is 3.15. The molecule has 1 aliphatic carbocycles. The van der Waals surface area contributed by atoms with E-state index in [1.54, 1.807) is 24.3 Å². The lowest BCUT2D eigenvalue weighted by atomic mass is 9.88. The van der Waals surface area contributed by atoms with Crippen LogP contribution in [0.5, 0.6) is 0 Å². The van der Waals surface area contributed by atoms with E-state index in [2.05, 4.69) is 9.80 Å². The van der Waals surface area contributed by atoms with Gasteiger partial charge in [0, 0.05) is 25.7 Å². The summed E-state index contributed by atoms with van der Waals surface area (Å²) in [7, 11) is 0. The van der Waals surface area contributed by atoms with Gasteiger partial charge in [-0.25, -0.2) is 0 Å². The van der Waals surface area contributed by atoms with E-state index in [-0.39, 0.29) is 18.0 Å². The van der Waals surface area contributed by atoms with Crippen LogP contribution >= 0.6 is 0 Å². The first-order valence-corrected chi connectivity index (χ1v) is 13.9. The van der Waals surface area contributed by atoms with Crippen molar-refractivity contribution in [3.63, 3.8) is 0 Å². The molecule has 0 spiro atoms. The summed E-state index contributed by atoms with van der Waals surface area (Å²) < 4.78 is 6.48. The zero-order valence-corrected chi connectivity index (χ0v) is 21.1. The number of hydrogen-bond donors (Lipinski definition) is 0. The number of imide groups is 1. The van der Waals surface area contributed by atoms with Crippen molar-refractivity contribution in [3.05, 3.63) is 47.5 Å². The van der Waals surface area contributed by atoms with Gasteiger partial charge in [0.05, 0.1) is 17.7 Å². The summed E-state index contributed by atoms with van der Waals surface area (Å²) >= 11 is 0. The minimum absolute atomic E-state index is 0.172. The second kappa shape index (κ2) is 11.8. The Bertz CT molecular complexity index is 869. The van der Waals surface area contributed by atoms with E-state index in [0.717, 1.165) is 13.0 Å². The van der Waals surface area contributed by atoms with E-state index in [0.29, 0.717) is 36.2 Å². The van der Waals surface area contributed by atoms with Gasteiger partial charge in [0.1, 0.15) is 6.23 Å². The fourth-order valence-corrected chi connectivity index (χ4v) is 6.50. The van der Waals surface area contributed by atoms with Crippen molar-refractivity contribution >= 4 is 11.8 Å². The van der Waals surface area contributed by atoms with Crippen LogP contribution in [0.2, 0.25) is 0 Å². The standard InChI is InChI=1S/C29H41N3O3/c33-28-25-13-5-6-14-26(25)29(34)32(28)18-9-10-20-35-27-21-23(22-30-16-7-2-8-17-30)15-19-31(27)24-11-3-1-4-12-24/h5-6,9-10,13-14,23-24,27H,1-4,7-8,11-12,15-22H2/b10-9-. The minimum atomic E-state index is -0.201. The van der Waals surface area contributed by atoms with Gasteiger partial charge in [-0.1, -0.05) is 50.0 Å². The lowest BCUT2D eigenvalue weighted by Crippen LogP contribution is -2.51. The molecule has 3 heterocycles. The molecule has 35 heavy (non-hydrogen) atoms. The first kappa shape index (κ1) is 24.7. The molecule has 4 aliphatic rings. The number of carbonyl (C=O) groups is 2. The van der Waals surface area contributed by atoms with Crippen LogP contribution in [0.3, 0.4) is 0 Å². The molecule has 2 unspecified atom stereocenters. The molecule has 0 radical (unpaired) electrons. The number of rotatable bonds is 8. The fraction of sp³-hybridized carbons (Fsp3) is 0.655. The third-order valence-corrected chi connectivity index (χ3v) is 8.43. The molecular formula is C29H41N3O3. The van der Waals surface area contributed by atoms with Gasteiger partial charge in [-0.2, -0.15) is 0 Å². The molecule has 1 saturated carbocycles. The number of carbonyl (C=O) groups excluding carboxylic acids is 2. The van der Waals surface area contributed by atoms with Crippen molar-refractivity contribution < 1.29 is 14.3 Å². The van der Waals surface area contributed by atoms with E-state index in [1.807, 2.05) is 12.2 Å². The van der Waals surface area contributed by atoms with Crippen molar-refractivity contribution in [3.8, 4) is 0 Å². The molecule has 2 atom stereocenters. The molecule has 6 heteroatoms. The molecule has 1 aromatic carbocycles. The quantitative estimate of drug-likeness (QED) is 0.399. The summed E-state index contributed by atoms with van der Waals surface area (Å²) in [6.07, 6.45) is 17.2. The van der Waals surface area contributed by atoms with Crippen LogP contribution in [0.15, 0.2) is 36.4 Å². The maximum Gasteiger partial charge on any atom is 0.261 e. The molecule has 190 valence electrons. The van der Waals surface area contributed by atoms with Gasteiger partial charge >= 0.3 is 0 Å². The molecule has 2 saturated heterocycles. The summed E-state index contributed by atoms with van der Waals surface area (Å²) in [5.41, 5.74) is 1.01. The largest absolute Gasteiger partial charge is 0.359 e. The van der Waals surface area contributed by atoms with Crippen molar-refractivity contribution in [2.75, 3.05) is 39.3 Å². The topological polar surface area (TPSA) is 53.1 Å². The van der Waals surface area contributed by atoms with Crippen molar-refractivity contribution in [2.24, 2.45) is 5.92 Å². The second-order valence-corrected chi connectivity index (χ2v) is 10.8. The SMILES string of the molecule is O=C1c2ccccc2C(=O)N1C/C=C\COC1CC(CN2CCCCC2)CCN1C1CCCCC1. The number of amides is 2. The van der Waals surface area contributed by atoms with Gasteiger partial charge in [-0.15, -0.1) is 0 Å². The Morgan fingerprint density at radius 2 is 1.51 bits per heavy atom. The highest BCUT2D eigenvalue weighted by Crippen LogP contribution is 2.32. The number of hydrogen-bond acceptors (Lipinski definition) is 5. The number of ether oxygens (including phenoxy) is 1. The average molecular weight is 480 g/mol. The third kappa shape index (κ3) is 5.87. The Morgan fingerprint density at radius 3 is 2.23 bits per heavy atom. The smallest absolute Gasteiger partial charge is 0.261 e. The zero-order valence-electron chi connectivity index (χ0n) is 21.1. The minimum Gasteiger partial charge on any atom is -0.359 e. The van der Waals surface area contributed by atoms with Crippen LogP contribution in [0.1, 0.15) is 84.9 Å². The highest BCUT2D eigenvalue weighted by Gasteiger charge is 2.35. The molecule has 0 N–H and O–H groups in total. The second-order valence-electron chi connectivity index (χ2n) is 10.8. The van der Waals surface area contributed by atoms with Gasteiger partial charge in [-0.3, -0.25) is 19.4 Å². The first-order valence-electron chi connectivity index (χ1n) is 13.9. The van der Waals surface area contributed by atoms with Gasteiger partial charge in [-0.05, 0) is 69.7 Å². The number of piperidine rings is 2. The first-order chi connectivity index (χ1) is 17.2. The predicted octanol–water partition coefficient (Wildman–Crippen LogP) is 4.71. The molecule has 3 fully saturated rings. The maximum absolute atomic E-state index is 12.6. The van der Waals surface area contributed by atoms with E-state index in [9.17, 15) is 9.59 Å². The molecule has 3 aliphatic heterocycles.